The first kappa shape index (κ1) is 18.8. The molecule has 0 saturated carbocycles. The number of amides is 1. The van der Waals surface area contributed by atoms with Crippen molar-refractivity contribution in [2.75, 3.05) is 16.9 Å². The van der Waals surface area contributed by atoms with E-state index in [1.165, 1.54) is 0 Å². The zero-order valence-corrected chi connectivity index (χ0v) is 16.8. The van der Waals surface area contributed by atoms with Gasteiger partial charge in [0.15, 0.2) is 0 Å². The molecule has 4 aromatic rings. The number of H-pyrrole nitrogens is 1. The molecule has 0 unspecified atom stereocenters. The zero-order valence-electron chi connectivity index (χ0n) is 16.8. The average molecular weight is 407 g/mol. The molecule has 0 radical (unpaired) electrons. The number of benzene rings is 3. The molecule has 6 nitrogen and oxygen atoms in total. The van der Waals surface area contributed by atoms with Crippen molar-refractivity contribution in [2.45, 2.75) is 0 Å². The molecule has 1 aromatic heterocycles. The summed E-state index contributed by atoms with van der Waals surface area (Å²) < 4.78 is 0. The Hall–Kier alpha value is -4.19. The van der Waals surface area contributed by atoms with Crippen LogP contribution in [0.1, 0.15) is 5.56 Å². The summed E-state index contributed by atoms with van der Waals surface area (Å²) in [5.41, 5.74) is 4.50. The highest BCUT2D eigenvalue weighted by molar-refractivity contribution is 6.17. The van der Waals surface area contributed by atoms with Gasteiger partial charge in [0.25, 0.3) is 0 Å². The van der Waals surface area contributed by atoms with Gasteiger partial charge >= 0.3 is 0 Å². The van der Waals surface area contributed by atoms with E-state index < -0.39 is 5.92 Å². The lowest BCUT2D eigenvalue weighted by molar-refractivity contribution is -0.117. The minimum atomic E-state index is -0.423. The van der Waals surface area contributed by atoms with Gasteiger partial charge in [-0.3, -0.25) is 15.1 Å². The molecule has 31 heavy (non-hydrogen) atoms. The van der Waals surface area contributed by atoms with Crippen LogP contribution in [0, 0.1) is 5.92 Å². The molecule has 2 heterocycles. The van der Waals surface area contributed by atoms with Gasteiger partial charge in [0.1, 0.15) is 5.92 Å². The van der Waals surface area contributed by atoms with Gasteiger partial charge in [0, 0.05) is 0 Å². The Labute approximate surface area is 180 Å². The minimum absolute atomic E-state index is 0.144. The lowest BCUT2D eigenvalue weighted by Gasteiger charge is -2.15. The highest BCUT2D eigenvalue weighted by atomic mass is 16.2. The van der Waals surface area contributed by atoms with Gasteiger partial charge < -0.3 is 4.98 Å². The summed E-state index contributed by atoms with van der Waals surface area (Å²) in [5, 5.41) is 9.60. The summed E-state index contributed by atoms with van der Waals surface area (Å²) in [5.74, 6) is -0.141. The third-order valence-corrected chi connectivity index (χ3v) is 5.26. The van der Waals surface area contributed by atoms with Crippen molar-refractivity contribution in [3.8, 4) is 11.3 Å². The molecule has 0 saturated heterocycles. The fraction of sp³-hybridized carbons (Fsp3) is 0.0800. The van der Waals surface area contributed by atoms with Crippen LogP contribution in [-0.2, 0) is 4.79 Å². The maximum atomic E-state index is 13.2. The van der Waals surface area contributed by atoms with Crippen molar-refractivity contribution < 1.29 is 4.79 Å². The van der Waals surface area contributed by atoms with Gasteiger partial charge in [0.2, 0.25) is 11.9 Å². The zero-order chi connectivity index (χ0) is 21.0. The van der Waals surface area contributed by atoms with Crippen molar-refractivity contribution >= 4 is 23.3 Å². The molecule has 0 aliphatic carbocycles. The molecule has 6 heteroatoms. The van der Waals surface area contributed by atoms with E-state index in [0.717, 1.165) is 28.2 Å². The van der Waals surface area contributed by atoms with E-state index in [1.807, 2.05) is 96.0 Å². The topological polar surface area (TPSA) is 73.4 Å². The van der Waals surface area contributed by atoms with Crippen LogP contribution in [-0.4, -0.2) is 28.1 Å². The molecule has 152 valence electrons. The number of hydrogen-bond donors (Lipinski definition) is 2. The van der Waals surface area contributed by atoms with Crippen molar-refractivity contribution in [1.29, 1.82) is 0 Å². The second-order valence-corrected chi connectivity index (χ2v) is 7.32. The van der Waals surface area contributed by atoms with Crippen molar-refractivity contribution in [3.05, 3.63) is 103 Å². The molecule has 1 aliphatic heterocycles. The molecule has 2 N–H and O–H groups in total. The Morgan fingerprint density at radius 1 is 0.871 bits per heavy atom. The number of carbonyl (C=O) groups is 1. The van der Waals surface area contributed by atoms with Crippen molar-refractivity contribution in [2.24, 2.45) is 11.0 Å². The monoisotopic (exact) mass is 407 g/mol. The van der Waals surface area contributed by atoms with E-state index in [2.05, 4.69) is 15.3 Å². The number of rotatable bonds is 5. The maximum Gasteiger partial charge on any atom is 0.237 e. The number of aromatic amines is 1. The number of hydrogen-bond acceptors (Lipinski definition) is 4. The number of carbonyl (C=O) groups excluding carboxylic acids is 1. The predicted octanol–water partition coefficient (Wildman–Crippen LogP) is 4.56. The molecule has 1 atom stereocenters. The normalized spacial score (nSPS) is 15.5. The molecule has 3 aromatic carbocycles. The van der Waals surface area contributed by atoms with Crippen molar-refractivity contribution in [1.82, 2.24) is 9.97 Å². The number of nitrogens with one attached hydrogen (secondary N) is 2. The predicted molar refractivity (Wildman–Crippen MR) is 123 cm³/mol. The summed E-state index contributed by atoms with van der Waals surface area (Å²) in [4.78, 5) is 20.8. The largest absolute Gasteiger partial charge is 0.324 e. The van der Waals surface area contributed by atoms with Crippen molar-refractivity contribution in [3.63, 3.8) is 0 Å². The number of aromatic nitrogens is 2. The fourth-order valence-electron chi connectivity index (χ4n) is 3.69. The van der Waals surface area contributed by atoms with Gasteiger partial charge in [-0.1, -0.05) is 78.9 Å². The number of nitrogens with zero attached hydrogens (tertiary/aromatic N) is 3. The summed E-state index contributed by atoms with van der Waals surface area (Å²) in [6, 6.07) is 29.6. The highest BCUT2D eigenvalue weighted by Gasteiger charge is 2.34. The van der Waals surface area contributed by atoms with E-state index in [4.69, 9.17) is 5.10 Å². The van der Waals surface area contributed by atoms with Gasteiger partial charge in [-0.05, 0) is 23.3 Å². The van der Waals surface area contributed by atoms with Crippen LogP contribution in [0.15, 0.2) is 102 Å². The second-order valence-electron chi connectivity index (χ2n) is 7.32. The quantitative estimate of drug-likeness (QED) is 0.510. The number of para-hydroxylation sites is 1. The fourth-order valence-corrected chi connectivity index (χ4v) is 3.69. The summed E-state index contributed by atoms with van der Waals surface area (Å²) in [6.07, 6.45) is 1.72. The molecule has 1 aliphatic rings. The first-order valence-corrected chi connectivity index (χ1v) is 10.2. The Morgan fingerprint density at radius 3 is 2.16 bits per heavy atom. The summed E-state index contributed by atoms with van der Waals surface area (Å²) >= 11 is 0. The van der Waals surface area contributed by atoms with Crippen LogP contribution in [0.2, 0.25) is 0 Å². The van der Waals surface area contributed by atoms with E-state index >= 15 is 0 Å². The second kappa shape index (κ2) is 8.28. The van der Waals surface area contributed by atoms with Gasteiger partial charge in [-0.25, -0.2) is 4.98 Å². The lowest BCUT2D eigenvalue weighted by Crippen LogP contribution is -2.32. The first-order valence-electron chi connectivity index (χ1n) is 10.2. The summed E-state index contributed by atoms with van der Waals surface area (Å²) in [6.45, 7) is 0.465. The molecule has 0 bridgehead atoms. The van der Waals surface area contributed by atoms with Crippen LogP contribution >= 0.6 is 0 Å². The smallest absolute Gasteiger partial charge is 0.237 e. The molecule has 0 spiro atoms. The van der Waals surface area contributed by atoms with Crippen LogP contribution in [0.4, 0.5) is 11.6 Å². The number of anilines is 2. The van der Waals surface area contributed by atoms with Crippen LogP contribution in [0.5, 0.6) is 0 Å². The third kappa shape index (κ3) is 3.96. The van der Waals surface area contributed by atoms with Crippen LogP contribution in [0.25, 0.3) is 11.3 Å². The van der Waals surface area contributed by atoms with Crippen LogP contribution in [0.3, 0.4) is 0 Å². The highest BCUT2D eigenvalue weighted by Crippen LogP contribution is 2.26. The first-order chi connectivity index (χ1) is 15.3. The Bertz CT molecular complexity index is 1200. The molecule has 5 rings (SSSR count). The Kier molecular flexibility index (Phi) is 5.02. The Balaban J connectivity index is 1.39. The number of imidazole rings is 1. The Morgan fingerprint density at radius 2 is 1.48 bits per heavy atom. The van der Waals surface area contributed by atoms with Gasteiger partial charge in [-0.15, -0.1) is 0 Å². The van der Waals surface area contributed by atoms with E-state index in [0.29, 0.717) is 12.5 Å². The van der Waals surface area contributed by atoms with Gasteiger partial charge in [0.05, 0.1) is 29.8 Å². The molecular weight excluding hydrogens is 386 g/mol. The lowest BCUT2D eigenvalue weighted by atomic mass is 9.96. The molecular formula is C25H21N5O. The average Bonchev–Trinajstić information content (AvgIpc) is 3.49. The van der Waals surface area contributed by atoms with E-state index in [-0.39, 0.29) is 5.91 Å². The number of hydrazone groups is 1. The minimum Gasteiger partial charge on any atom is -0.324 e. The molecule has 0 fully saturated rings. The van der Waals surface area contributed by atoms with Gasteiger partial charge in [-0.2, -0.15) is 5.10 Å². The van der Waals surface area contributed by atoms with E-state index in [9.17, 15) is 4.79 Å². The molecule has 1 amide bonds. The SMILES string of the molecule is O=C(Nc1ncc(-c2ccccc2)[nH]1)[C@@H]1CN(c2ccccc2)N=C1c1ccccc1. The summed E-state index contributed by atoms with van der Waals surface area (Å²) in [7, 11) is 0. The maximum absolute atomic E-state index is 13.2. The van der Waals surface area contributed by atoms with E-state index in [1.54, 1.807) is 6.20 Å². The third-order valence-electron chi connectivity index (χ3n) is 5.26. The van der Waals surface area contributed by atoms with Crippen LogP contribution < -0.4 is 10.3 Å². The standard InChI is InChI=1S/C25H21N5O/c31-24(28-25-26-16-22(27-25)18-10-4-1-5-11-18)21-17-30(20-14-8-3-9-15-20)29-23(21)19-12-6-2-7-13-19/h1-16,21H,17H2,(H2,26,27,28,31)/t21-/m1/s1.